The zero-order chi connectivity index (χ0) is 7.28. The number of aliphatic hydroxyl groups is 1. The average molecular weight is 149 g/mol. The summed E-state index contributed by atoms with van der Waals surface area (Å²) in [7, 11) is 2.27. The van der Waals surface area contributed by atoms with Crippen molar-refractivity contribution in [2.75, 3.05) is 6.61 Å². The Labute approximate surface area is 57.1 Å². The normalized spacial score (nSPS) is 13.2. The maximum Gasteiger partial charge on any atom is 0.131 e. The molecular weight excluding hydrogens is 137 g/mol. The van der Waals surface area contributed by atoms with E-state index in [2.05, 4.69) is 14.5 Å². The van der Waals surface area contributed by atoms with E-state index in [1.54, 1.807) is 0 Å². The number of nitrogens with one attached hydrogen (secondary N) is 1. The van der Waals surface area contributed by atoms with Crippen LogP contribution in [0.25, 0.3) is 0 Å². The van der Waals surface area contributed by atoms with Crippen molar-refractivity contribution in [1.29, 1.82) is 0 Å². The lowest BCUT2D eigenvalue weighted by molar-refractivity contribution is -0.117. The first-order valence-corrected chi connectivity index (χ1v) is 3.35. The molecule has 0 saturated heterocycles. The van der Waals surface area contributed by atoms with Crippen molar-refractivity contribution in [1.82, 2.24) is 5.09 Å². The number of ketones is 1. The first-order valence-electron chi connectivity index (χ1n) is 2.77. The fraction of sp³-hybridized carbons (Fsp3) is 0.800. The van der Waals surface area contributed by atoms with Gasteiger partial charge in [0.15, 0.2) is 0 Å². The molecule has 9 heavy (non-hydrogen) atoms. The summed E-state index contributed by atoms with van der Waals surface area (Å²) in [4.78, 5) is 10.4. The van der Waals surface area contributed by atoms with E-state index in [-0.39, 0.29) is 18.4 Å². The van der Waals surface area contributed by atoms with E-state index < -0.39 is 0 Å². The van der Waals surface area contributed by atoms with E-state index in [9.17, 15) is 4.79 Å². The van der Waals surface area contributed by atoms with Crippen LogP contribution in [0.1, 0.15) is 13.3 Å². The van der Waals surface area contributed by atoms with E-state index in [0.717, 1.165) is 0 Å². The summed E-state index contributed by atoms with van der Waals surface area (Å²) in [5.41, 5.74) is 0. The van der Waals surface area contributed by atoms with Crippen molar-refractivity contribution in [3.05, 3.63) is 0 Å². The Bertz CT molecular complexity index is 93.0. The molecule has 0 rings (SSSR count). The highest BCUT2D eigenvalue weighted by Crippen LogP contribution is 1.93. The van der Waals surface area contributed by atoms with E-state index in [1.807, 2.05) is 0 Å². The molecule has 2 N–H and O–H groups in total. The summed E-state index contributed by atoms with van der Waals surface area (Å²) in [5, 5.41) is 11.3. The Morgan fingerprint density at radius 2 is 2.44 bits per heavy atom. The van der Waals surface area contributed by atoms with Crippen LogP contribution in [-0.2, 0) is 4.79 Å². The van der Waals surface area contributed by atoms with Crippen molar-refractivity contribution in [2.24, 2.45) is 0 Å². The molecule has 3 nitrogen and oxygen atoms in total. The van der Waals surface area contributed by atoms with Gasteiger partial charge in [-0.1, -0.05) is 9.39 Å². The molecule has 0 aliphatic carbocycles. The second-order valence-electron chi connectivity index (χ2n) is 1.95. The Morgan fingerprint density at radius 3 is 2.56 bits per heavy atom. The average Bonchev–Trinajstić information content (AvgIpc) is 1.82. The molecule has 0 amide bonds. The van der Waals surface area contributed by atoms with Crippen LogP contribution in [0.4, 0.5) is 0 Å². The molecule has 2 atom stereocenters. The smallest absolute Gasteiger partial charge is 0.131 e. The molecule has 0 aromatic carbocycles. The quantitative estimate of drug-likeness (QED) is 0.540. The lowest BCUT2D eigenvalue weighted by atomic mass is 10.2. The summed E-state index contributed by atoms with van der Waals surface area (Å²) in [6, 6.07) is -0.104. The minimum Gasteiger partial charge on any atom is -0.395 e. The maximum atomic E-state index is 10.4. The third-order valence-electron chi connectivity index (χ3n) is 0.990. The largest absolute Gasteiger partial charge is 0.395 e. The van der Waals surface area contributed by atoms with Crippen LogP contribution >= 0.6 is 9.39 Å². The molecule has 0 heterocycles. The molecule has 4 heteroatoms. The zero-order valence-electron chi connectivity index (χ0n) is 5.42. The van der Waals surface area contributed by atoms with Gasteiger partial charge in [-0.05, 0) is 6.92 Å². The fourth-order valence-electron chi connectivity index (χ4n) is 0.523. The Balaban J connectivity index is 3.43. The number of aliphatic hydroxyl groups excluding tert-OH is 1. The molecule has 0 spiro atoms. The number of Topliss-reactive ketones (excluding diaryl/α,β-unsaturated/α-hetero) is 1. The van der Waals surface area contributed by atoms with E-state index >= 15 is 0 Å². The van der Waals surface area contributed by atoms with Crippen LogP contribution in [0.3, 0.4) is 0 Å². The number of carbonyl (C=O) groups is 1. The summed E-state index contributed by atoms with van der Waals surface area (Å²) >= 11 is 0. The molecule has 0 aliphatic heterocycles. The maximum absolute atomic E-state index is 10.4. The Hall–Kier alpha value is 0.0200. The molecule has 54 valence electrons. The van der Waals surface area contributed by atoms with Crippen LogP contribution in [0.2, 0.25) is 0 Å². The number of carbonyl (C=O) groups excluding carboxylic acids is 1. The first kappa shape index (κ1) is 9.02. The standard InChI is InChI=1S/C5H12NO2P/c1-4(8)2-5(3-7)6-9/h5-7H,2-3,9H2,1H3/t5-/m0/s1. The number of rotatable bonds is 4. The second-order valence-corrected chi connectivity index (χ2v) is 2.29. The Kier molecular flexibility index (Phi) is 4.87. The van der Waals surface area contributed by atoms with Crippen LogP contribution in [-0.4, -0.2) is 23.5 Å². The predicted molar refractivity (Wildman–Crippen MR) is 39.0 cm³/mol. The van der Waals surface area contributed by atoms with Gasteiger partial charge in [-0.25, -0.2) is 0 Å². The third kappa shape index (κ3) is 4.52. The molecule has 1 unspecified atom stereocenters. The van der Waals surface area contributed by atoms with Gasteiger partial charge in [0.1, 0.15) is 5.78 Å². The van der Waals surface area contributed by atoms with Gasteiger partial charge < -0.3 is 5.11 Å². The van der Waals surface area contributed by atoms with Crippen LogP contribution in [0, 0.1) is 0 Å². The van der Waals surface area contributed by atoms with Crippen molar-refractivity contribution < 1.29 is 9.90 Å². The highest BCUT2D eigenvalue weighted by Gasteiger charge is 2.05. The van der Waals surface area contributed by atoms with Gasteiger partial charge in [0.25, 0.3) is 0 Å². The summed E-state index contributed by atoms with van der Waals surface area (Å²) in [6.07, 6.45) is 0.389. The topological polar surface area (TPSA) is 49.3 Å². The summed E-state index contributed by atoms with van der Waals surface area (Å²) in [6.45, 7) is 1.51. The molecule has 0 saturated carbocycles. The fourth-order valence-corrected chi connectivity index (χ4v) is 0.746. The number of hydrogen-bond donors (Lipinski definition) is 2. The molecule has 0 bridgehead atoms. The third-order valence-corrected chi connectivity index (χ3v) is 1.46. The molecule has 0 aromatic heterocycles. The minimum absolute atomic E-state index is 0.00306. The molecule has 0 radical (unpaired) electrons. The molecule has 0 aromatic rings. The zero-order valence-corrected chi connectivity index (χ0v) is 6.58. The van der Waals surface area contributed by atoms with Gasteiger partial charge in [-0.15, -0.1) is 0 Å². The predicted octanol–water partition coefficient (Wildman–Crippen LogP) is -0.294. The highest BCUT2D eigenvalue weighted by atomic mass is 31.0. The SMILES string of the molecule is CC(=O)C[C@@H](CO)NP. The van der Waals surface area contributed by atoms with Gasteiger partial charge in [0.05, 0.1) is 6.61 Å². The van der Waals surface area contributed by atoms with Gasteiger partial charge in [-0.3, -0.25) is 9.88 Å². The van der Waals surface area contributed by atoms with Gasteiger partial charge in [0, 0.05) is 12.5 Å². The van der Waals surface area contributed by atoms with Gasteiger partial charge in [-0.2, -0.15) is 0 Å². The monoisotopic (exact) mass is 149 g/mol. The van der Waals surface area contributed by atoms with Gasteiger partial charge >= 0.3 is 0 Å². The van der Waals surface area contributed by atoms with Crippen molar-refractivity contribution in [3.8, 4) is 0 Å². The van der Waals surface area contributed by atoms with Gasteiger partial charge in [0.2, 0.25) is 0 Å². The van der Waals surface area contributed by atoms with Crippen LogP contribution < -0.4 is 5.09 Å². The van der Waals surface area contributed by atoms with E-state index in [1.165, 1.54) is 6.92 Å². The lowest BCUT2D eigenvalue weighted by Gasteiger charge is -2.08. The van der Waals surface area contributed by atoms with Crippen LogP contribution in [0.15, 0.2) is 0 Å². The van der Waals surface area contributed by atoms with E-state index in [0.29, 0.717) is 6.42 Å². The number of hydrogen-bond acceptors (Lipinski definition) is 3. The van der Waals surface area contributed by atoms with Crippen molar-refractivity contribution in [2.45, 2.75) is 19.4 Å². The summed E-state index contributed by atoms with van der Waals surface area (Å²) in [5.74, 6) is 0.0870. The highest BCUT2D eigenvalue weighted by molar-refractivity contribution is 7.13. The Morgan fingerprint density at radius 1 is 1.89 bits per heavy atom. The van der Waals surface area contributed by atoms with E-state index in [4.69, 9.17) is 5.11 Å². The summed E-state index contributed by atoms with van der Waals surface area (Å²) < 4.78 is 0. The molecule has 0 fully saturated rings. The molecule has 0 aliphatic rings. The van der Waals surface area contributed by atoms with Crippen molar-refractivity contribution in [3.63, 3.8) is 0 Å². The lowest BCUT2D eigenvalue weighted by Crippen LogP contribution is -2.26. The van der Waals surface area contributed by atoms with Crippen molar-refractivity contribution >= 4 is 15.2 Å². The van der Waals surface area contributed by atoms with Crippen LogP contribution in [0.5, 0.6) is 0 Å². The second kappa shape index (κ2) is 4.86. The minimum atomic E-state index is -0.104. The molecular formula is C5H12NO2P. The first-order chi connectivity index (χ1) is 4.20.